The Morgan fingerprint density at radius 1 is 1.27 bits per heavy atom. The number of nitrogens with zero attached hydrogens (tertiary/aromatic N) is 7. The molecule has 1 aromatic carbocycles. The van der Waals surface area contributed by atoms with Crippen LogP contribution in [0.5, 0.6) is 5.75 Å². The van der Waals surface area contributed by atoms with Gasteiger partial charge in [0.2, 0.25) is 5.82 Å². The molecule has 0 aliphatic rings. The molecule has 0 amide bonds. The van der Waals surface area contributed by atoms with Crippen LogP contribution in [0.1, 0.15) is 37.0 Å². The topological polar surface area (TPSA) is 135 Å². The number of ether oxygens (including phenoxy) is 1. The van der Waals surface area contributed by atoms with Gasteiger partial charge in [0.25, 0.3) is 0 Å². The van der Waals surface area contributed by atoms with Crippen molar-refractivity contribution >= 4 is 21.7 Å². The second-order valence-corrected chi connectivity index (χ2v) is 7.97. The van der Waals surface area contributed by atoms with E-state index in [2.05, 4.69) is 41.6 Å². The minimum atomic E-state index is -0.743. The Morgan fingerprint density at radius 2 is 2.09 bits per heavy atom. The van der Waals surface area contributed by atoms with Crippen LogP contribution >= 0.6 is 15.9 Å². The van der Waals surface area contributed by atoms with Gasteiger partial charge in [0, 0.05) is 27.9 Å². The molecule has 0 spiro atoms. The van der Waals surface area contributed by atoms with Crippen molar-refractivity contribution in [1.82, 2.24) is 30.3 Å². The van der Waals surface area contributed by atoms with E-state index in [0.29, 0.717) is 27.2 Å². The zero-order valence-electron chi connectivity index (χ0n) is 17.6. The maximum absolute atomic E-state index is 14.2. The normalized spacial score (nSPS) is 12.1. The van der Waals surface area contributed by atoms with E-state index in [9.17, 15) is 14.8 Å². The molecule has 0 aliphatic carbocycles. The summed E-state index contributed by atoms with van der Waals surface area (Å²) in [6.45, 7) is 3.88. The van der Waals surface area contributed by atoms with Gasteiger partial charge in [-0.1, -0.05) is 12.1 Å². The highest BCUT2D eigenvalue weighted by atomic mass is 79.9. The molecule has 33 heavy (non-hydrogen) atoms. The third-order valence-electron chi connectivity index (χ3n) is 4.79. The molecule has 0 radical (unpaired) electrons. The van der Waals surface area contributed by atoms with Gasteiger partial charge in [-0.3, -0.25) is 10.4 Å². The van der Waals surface area contributed by atoms with E-state index in [1.54, 1.807) is 13.0 Å². The first-order valence-corrected chi connectivity index (χ1v) is 10.7. The van der Waals surface area contributed by atoms with Crippen molar-refractivity contribution in [2.24, 2.45) is 0 Å². The van der Waals surface area contributed by atoms with E-state index in [1.165, 1.54) is 29.1 Å². The minimum absolute atomic E-state index is 0.0606. The zero-order chi connectivity index (χ0) is 23.5. The second kappa shape index (κ2) is 9.60. The molecular weight excluding hydrogens is 501 g/mol. The molecule has 0 aliphatic heterocycles. The van der Waals surface area contributed by atoms with Crippen LogP contribution < -0.4 is 9.96 Å². The van der Waals surface area contributed by atoms with Gasteiger partial charge in [0.1, 0.15) is 18.5 Å². The SMILES string of the molecule is CCc1cc(Cn2nnnc2-c2ccc(F)cc2C(C)Oc2cc(Br)cnc2N(O)O)on1. The number of hydrogen-bond acceptors (Lipinski definition) is 10. The first-order valence-electron chi connectivity index (χ1n) is 9.86. The van der Waals surface area contributed by atoms with E-state index >= 15 is 0 Å². The number of aromatic nitrogens is 6. The highest BCUT2D eigenvalue weighted by Crippen LogP contribution is 2.35. The molecule has 3 heterocycles. The van der Waals surface area contributed by atoms with Crippen LogP contribution in [0.4, 0.5) is 10.2 Å². The van der Waals surface area contributed by atoms with Crippen LogP contribution in [0.15, 0.2) is 45.5 Å². The van der Waals surface area contributed by atoms with Gasteiger partial charge in [-0.05, 0) is 64.0 Å². The van der Waals surface area contributed by atoms with Gasteiger partial charge < -0.3 is 9.26 Å². The summed E-state index contributed by atoms with van der Waals surface area (Å²) in [5.41, 5.74) is 1.77. The Morgan fingerprint density at radius 3 is 2.82 bits per heavy atom. The zero-order valence-corrected chi connectivity index (χ0v) is 19.1. The number of benzene rings is 1. The maximum atomic E-state index is 14.2. The average molecular weight is 520 g/mol. The Hall–Kier alpha value is -3.42. The Bertz CT molecular complexity index is 1260. The maximum Gasteiger partial charge on any atom is 0.225 e. The van der Waals surface area contributed by atoms with Crippen molar-refractivity contribution in [2.75, 3.05) is 5.23 Å². The van der Waals surface area contributed by atoms with E-state index < -0.39 is 11.9 Å². The molecule has 13 heteroatoms. The Kier molecular flexibility index (Phi) is 6.62. The standard InChI is InChI=1S/C20H19BrFN7O4/c1-3-14-8-15(33-25-14)10-28-19(24-26-27-28)16-5-4-13(22)7-17(16)11(2)32-18-6-12(21)9-23-20(18)29(30)31/h4-9,11,30-31H,3,10H2,1-2H3. The molecule has 4 rings (SSSR count). The monoisotopic (exact) mass is 519 g/mol. The van der Waals surface area contributed by atoms with Crippen LogP contribution in [0.25, 0.3) is 11.4 Å². The lowest BCUT2D eigenvalue weighted by atomic mass is 10.0. The lowest BCUT2D eigenvalue weighted by Crippen LogP contribution is -2.16. The number of hydrogen-bond donors (Lipinski definition) is 2. The van der Waals surface area contributed by atoms with Gasteiger partial charge in [-0.2, -0.15) is 0 Å². The van der Waals surface area contributed by atoms with Crippen molar-refractivity contribution in [3.05, 3.63) is 63.8 Å². The van der Waals surface area contributed by atoms with Gasteiger partial charge in [-0.25, -0.2) is 14.1 Å². The highest BCUT2D eigenvalue weighted by Gasteiger charge is 2.22. The van der Waals surface area contributed by atoms with E-state index in [1.807, 2.05) is 13.0 Å². The summed E-state index contributed by atoms with van der Waals surface area (Å²) in [6, 6.07) is 7.48. The van der Waals surface area contributed by atoms with Crippen LogP contribution in [0.2, 0.25) is 0 Å². The van der Waals surface area contributed by atoms with E-state index in [4.69, 9.17) is 9.26 Å². The number of rotatable bonds is 8. The quantitative estimate of drug-likeness (QED) is 0.329. The van der Waals surface area contributed by atoms with Crippen molar-refractivity contribution in [3.63, 3.8) is 0 Å². The fourth-order valence-corrected chi connectivity index (χ4v) is 3.54. The summed E-state index contributed by atoms with van der Waals surface area (Å²) >= 11 is 3.27. The number of pyridine rings is 1. The van der Waals surface area contributed by atoms with Crippen molar-refractivity contribution in [1.29, 1.82) is 0 Å². The van der Waals surface area contributed by atoms with Crippen LogP contribution in [-0.2, 0) is 13.0 Å². The summed E-state index contributed by atoms with van der Waals surface area (Å²) in [5.74, 6) is 0.289. The predicted molar refractivity (Wildman–Crippen MR) is 115 cm³/mol. The van der Waals surface area contributed by atoms with E-state index in [0.717, 1.165) is 12.1 Å². The largest absolute Gasteiger partial charge is 0.482 e. The second-order valence-electron chi connectivity index (χ2n) is 7.05. The van der Waals surface area contributed by atoms with Gasteiger partial charge in [0.05, 0.1) is 5.69 Å². The summed E-state index contributed by atoms with van der Waals surface area (Å²) in [5, 5.41) is 34.6. The number of tetrazole rings is 1. The fourth-order valence-electron chi connectivity index (χ4n) is 3.23. The highest BCUT2D eigenvalue weighted by molar-refractivity contribution is 9.10. The van der Waals surface area contributed by atoms with Crippen molar-refractivity contribution in [3.8, 4) is 17.1 Å². The minimum Gasteiger partial charge on any atom is -0.482 e. The van der Waals surface area contributed by atoms with Gasteiger partial charge in [0.15, 0.2) is 17.3 Å². The van der Waals surface area contributed by atoms with Crippen LogP contribution in [0, 0.1) is 5.82 Å². The third kappa shape index (κ3) is 4.99. The van der Waals surface area contributed by atoms with Gasteiger partial charge >= 0.3 is 0 Å². The molecule has 172 valence electrons. The summed E-state index contributed by atoms with van der Waals surface area (Å²) in [4.78, 5) is 3.91. The molecule has 1 unspecified atom stereocenters. The molecule has 1 atom stereocenters. The smallest absolute Gasteiger partial charge is 0.225 e. The molecule has 0 bridgehead atoms. The molecule has 2 N–H and O–H groups in total. The number of halogens is 2. The molecular formula is C20H19BrFN7O4. The van der Waals surface area contributed by atoms with Gasteiger partial charge in [-0.15, -0.1) is 10.3 Å². The third-order valence-corrected chi connectivity index (χ3v) is 5.23. The fraction of sp³-hybridized carbons (Fsp3) is 0.250. The summed E-state index contributed by atoms with van der Waals surface area (Å²) in [6.07, 6.45) is 1.36. The van der Waals surface area contributed by atoms with Crippen LogP contribution in [0.3, 0.4) is 0 Å². The van der Waals surface area contributed by atoms with Crippen LogP contribution in [-0.4, -0.2) is 40.8 Å². The van der Waals surface area contributed by atoms with Crippen molar-refractivity contribution < 1.29 is 24.1 Å². The summed E-state index contributed by atoms with van der Waals surface area (Å²) < 4.78 is 27.5. The average Bonchev–Trinajstić information content (AvgIpc) is 3.43. The molecule has 11 nitrogen and oxygen atoms in total. The predicted octanol–water partition coefficient (Wildman–Crippen LogP) is 3.96. The molecule has 3 aromatic heterocycles. The molecule has 4 aromatic rings. The number of anilines is 1. The molecule has 0 fully saturated rings. The Balaban J connectivity index is 1.68. The van der Waals surface area contributed by atoms with E-state index in [-0.39, 0.29) is 23.3 Å². The lowest BCUT2D eigenvalue weighted by molar-refractivity contribution is 0.0243. The number of aryl methyl sites for hydroxylation is 1. The first kappa shape index (κ1) is 22.8. The lowest BCUT2D eigenvalue weighted by Gasteiger charge is -2.20. The van der Waals surface area contributed by atoms with Crippen molar-refractivity contribution in [2.45, 2.75) is 32.9 Å². The molecule has 0 saturated carbocycles. The Labute approximate surface area is 195 Å². The summed E-state index contributed by atoms with van der Waals surface area (Å²) in [7, 11) is 0. The molecule has 0 saturated heterocycles. The first-order chi connectivity index (χ1) is 15.9.